The minimum absolute atomic E-state index is 0.0143. The Bertz CT molecular complexity index is 422. The van der Waals surface area contributed by atoms with E-state index < -0.39 is 5.97 Å². The van der Waals surface area contributed by atoms with Crippen LogP contribution in [0, 0.1) is 0 Å². The maximum absolute atomic E-state index is 12.3. The molecule has 0 spiro atoms. The Morgan fingerprint density at radius 1 is 0.562 bits per heavy atom. The fourth-order valence-electron chi connectivity index (χ4n) is 4.24. The summed E-state index contributed by atoms with van der Waals surface area (Å²) in [5.74, 6) is -0.669. The van der Waals surface area contributed by atoms with E-state index in [1.54, 1.807) is 0 Å². The Labute approximate surface area is 199 Å². The number of hydrogen-bond acceptors (Lipinski definition) is 3. The van der Waals surface area contributed by atoms with E-state index in [1.165, 1.54) is 83.5 Å². The Hall–Kier alpha value is -1.06. The van der Waals surface area contributed by atoms with Crippen LogP contribution in [0.5, 0.6) is 0 Å². The highest BCUT2D eigenvalue weighted by atomic mass is 16.5. The first-order chi connectivity index (χ1) is 15.6. The molecule has 1 N–H and O–H groups in total. The largest absolute Gasteiger partial charge is 0.481 e. The number of carboxylic acid groups (broad SMARTS) is 1. The highest BCUT2D eigenvalue weighted by Crippen LogP contribution is 2.18. The molecule has 0 aliphatic rings. The third-order valence-electron chi connectivity index (χ3n) is 6.33. The maximum Gasteiger partial charge on any atom is 0.306 e. The molecule has 0 saturated heterocycles. The lowest BCUT2D eigenvalue weighted by Crippen LogP contribution is -2.18. The summed E-state index contributed by atoms with van der Waals surface area (Å²) in [4.78, 5) is 22.8. The molecule has 0 radical (unpaired) electrons. The van der Waals surface area contributed by atoms with Gasteiger partial charge in [-0.3, -0.25) is 9.59 Å². The van der Waals surface area contributed by atoms with E-state index in [-0.39, 0.29) is 12.1 Å². The number of carbonyl (C=O) groups is 2. The zero-order valence-electron chi connectivity index (χ0n) is 21.5. The van der Waals surface area contributed by atoms with Crippen LogP contribution in [0.15, 0.2) is 0 Å². The maximum atomic E-state index is 12.3. The van der Waals surface area contributed by atoms with Crippen LogP contribution >= 0.6 is 0 Å². The smallest absolute Gasteiger partial charge is 0.306 e. The van der Waals surface area contributed by atoms with E-state index in [9.17, 15) is 9.59 Å². The van der Waals surface area contributed by atoms with Crippen LogP contribution in [0.3, 0.4) is 0 Å². The summed E-state index contributed by atoms with van der Waals surface area (Å²) in [7, 11) is 0. The SMILES string of the molecule is CCCCCCCCCC(=O)OC(CCCCCC)CCCCCCCCCCC(=O)O. The van der Waals surface area contributed by atoms with Crippen molar-refractivity contribution in [2.75, 3.05) is 0 Å². The van der Waals surface area contributed by atoms with Crippen LogP contribution in [-0.4, -0.2) is 23.1 Å². The number of carbonyl (C=O) groups excluding carboxylic acids is 1. The molecule has 0 aliphatic heterocycles. The summed E-state index contributed by atoms with van der Waals surface area (Å²) in [6.45, 7) is 4.47. The lowest BCUT2D eigenvalue weighted by molar-refractivity contribution is -0.150. The summed E-state index contributed by atoms with van der Waals surface area (Å²) in [6.07, 6.45) is 25.5. The second kappa shape index (κ2) is 24.6. The minimum atomic E-state index is -0.683. The van der Waals surface area contributed by atoms with Crippen LogP contribution in [0.4, 0.5) is 0 Å². The fraction of sp³-hybridized carbons (Fsp3) is 0.929. The van der Waals surface area contributed by atoms with Gasteiger partial charge in [0.15, 0.2) is 0 Å². The van der Waals surface area contributed by atoms with Crippen molar-refractivity contribution in [1.82, 2.24) is 0 Å². The number of hydrogen-bond donors (Lipinski definition) is 1. The van der Waals surface area contributed by atoms with Gasteiger partial charge in [0.05, 0.1) is 0 Å². The van der Waals surface area contributed by atoms with Crippen molar-refractivity contribution in [3.8, 4) is 0 Å². The van der Waals surface area contributed by atoms with Gasteiger partial charge in [-0.1, -0.05) is 110 Å². The van der Waals surface area contributed by atoms with Crippen LogP contribution in [0.25, 0.3) is 0 Å². The minimum Gasteiger partial charge on any atom is -0.481 e. The molecule has 0 bridgehead atoms. The number of ether oxygens (including phenoxy) is 1. The van der Waals surface area contributed by atoms with Gasteiger partial charge in [0, 0.05) is 12.8 Å². The molecule has 4 nitrogen and oxygen atoms in total. The van der Waals surface area contributed by atoms with Crippen molar-refractivity contribution in [2.45, 2.75) is 168 Å². The van der Waals surface area contributed by atoms with Crippen molar-refractivity contribution < 1.29 is 19.4 Å². The van der Waals surface area contributed by atoms with Gasteiger partial charge in [-0.2, -0.15) is 0 Å². The molecule has 0 heterocycles. The molecule has 1 unspecified atom stereocenters. The standard InChI is InChI=1S/C28H54O4/c1-3-5-7-9-12-17-21-25-28(31)32-26(22-18-8-6-4-2)23-19-15-13-10-11-14-16-20-24-27(29)30/h26H,3-25H2,1-2H3,(H,29,30). The lowest BCUT2D eigenvalue weighted by Gasteiger charge is -2.18. The van der Waals surface area contributed by atoms with E-state index in [1.807, 2.05) is 0 Å². The Morgan fingerprint density at radius 3 is 1.41 bits per heavy atom. The average Bonchev–Trinajstić information content (AvgIpc) is 2.76. The van der Waals surface area contributed by atoms with Crippen molar-refractivity contribution in [2.24, 2.45) is 0 Å². The zero-order valence-corrected chi connectivity index (χ0v) is 21.5. The predicted molar refractivity (Wildman–Crippen MR) is 135 cm³/mol. The second-order valence-corrected chi connectivity index (χ2v) is 9.59. The van der Waals surface area contributed by atoms with E-state index in [0.717, 1.165) is 51.4 Å². The molecule has 0 rings (SSSR count). The van der Waals surface area contributed by atoms with E-state index in [2.05, 4.69) is 13.8 Å². The van der Waals surface area contributed by atoms with Gasteiger partial charge < -0.3 is 9.84 Å². The third kappa shape index (κ3) is 23.6. The fourth-order valence-corrected chi connectivity index (χ4v) is 4.24. The molecule has 0 fully saturated rings. The monoisotopic (exact) mass is 454 g/mol. The number of carboxylic acids is 1. The number of aliphatic carboxylic acids is 1. The van der Waals surface area contributed by atoms with Crippen molar-refractivity contribution >= 4 is 11.9 Å². The molecule has 0 aliphatic carbocycles. The first-order valence-electron chi connectivity index (χ1n) is 14.0. The van der Waals surface area contributed by atoms with Gasteiger partial charge in [-0.15, -0.1) is 0 Å². The summed E-state index contributed by atoms with van der Waals surface area (Å²) < 4.78 is 5.88. The molecule has 0 aromatic carbocycles. The number of unbranched alkanes of at least 4 members (excludes halogenated alkanes) is 16. The summed E-state index contributed by atoms with van der Waals surface area (Å²) >= 11 is 0. The second-order valence-electron chi connectivity index (χ2n) is 9.59. The van der Waals surface area contributed by atoms with Gasteiger partial charge >= 0.3 is 11.9 Å². The van der Waals surface area contributed by atoms with E-state index in [4.69, 9.17) is 9.84 Å². The van der Waals surface area contributed by atoms with Crippen LogP contribution in [-0.2, 0) is 14.3 Å². The van der Waals surface area contributed by atoms with Crippen LogP contribution in [0.2, 0.25) is 0 Å². The lowest BCUT2D eigenvalue weighted by atomic mass is 10.0. The summed E-state index contributed by atoms with van der Waals surface area (Å²) in [5, 5.41) is 8.65. The molecule has 190 valence electrons. The van der Waals surface area contributed by atoms with E-state index >= 15 is 0 Å². The predicted octanol–water partition coefficient (Wildman–Crippen LogP) is 8.99. The van der Waals surface area contributed by atoms with Gasteiger partial charge in [-0.05, 0) is 38.5 Å². The van der Waals surface area contributed by atoms with Crippen molar-refractivity contribution in [3.05, 3.63) is 0 Å². The number of rotatable bonds is 25. The molecular formula is C28H54O4. The zero-order chi connectivity index (χ0) is 23.7. The van der Waals surface area contributed by atoms with Crippen molar-refractivity contribution in [1.29, 1.82) is 0 Å². The Morgan fingerprint density at radius 2 is 0.938 bits per heavy atom. The first-order valence-corrected chi connectivity index (χ1v) is 14.0. The van der Waals surface area contributed by atoms with Crippen LogP contribution < -0.4 is 0 Å². The summed E-state index contributed by atoms with van der Waals surface area (Å²) in [5.41, 5.74) is 0. The quantitative estimate of drug-likeness (QED) is 0.110. The third-order valence-corrected chi connectivity index (χ3v) is 6.33. The van der Waals surface area contributed by atoms with E-state index in [0.29, 0.717) is 12.8 Å². The van der Waals surface area contributed by atoms with Gasteiger partial charge in [0.2, 0.25) is 0 Å². The number of esters is 1. The van der Waals surface area contributed by atoms with Crippen molar-refractivity contribution in [3.63, 3.8) is 0 Å². The molecule has 0 amide bonds. The Balaban J connectivity index is 3.89. The topological polar surface area (TPSA) is 63.6 Å². The van der Waals surface area contributed by atoms with Gasteiger partial charge in [-0.25, -0.2) is 0 Å². The summed E-state index contributed by atoms with van der Waals surface area (Å²) in [6, 6.07) is 0. The van der Waals surface area contributed by atoms with Crippen LogP contribution in [0.1, 0.15) is 162 Å². The molecule has 1 atom stereocenters. The highest BCUT2D eigenvalue weighted by molar-refractivity contribution is 5.69. The molecule has 0 saturated carbocycles. The normalized spacial score (nSPS) is 12.1. The molecule has 4 heteroatoms. The molecule has 0 aromatic rings. The molecule has 0 aromatic heterocycles. The molecule has 32 heavy (non-hydrogen) atoms. The van der Waals surface area contributed by atoms with Gasteiger partial charge in [0.25, 0.3) is 0 Å². The molecular weight excluding hydrogens is 400 g/mol. The van der Waals surface area contributed by atoms with Gasteiger partial charge in [0.1, 0.15) is 6.10 Å². The Kier molecular flexibility index (Phi) is 23.8. The first kappa shape index (κ1) is 30.9. The average molecular weight is 455 g/mol. The highest BCUT2D eigenvalue weighted by Gasteiger charge is 2.14.